The van der Waals surface area contributed by atoms with Gasteiger partial charge in [-0.05, 0) is 30.7 Å². The Balaban J connectivity index is 1.48. The second kappa shape index (κ2) is 8.54. The quantitative estimate of drug-likeness (QED) is 0.273. The SMILES string of the molecule is CCc1cc2c(N3CCN(C(=O)c4cccc(N(C=N)N=N)c4)CC3)ncnc2s1. The molecule has 0 radical (unpaired) electrons. The molecule has 0 aliphatic carbocycles. The van der Waals surface area contributed by atoms with Gasteiger partial charge in [-0.1, -0.05) is 18.2 Å². The first-order valence-corrected chi connectivity index (χ1v) is 10.5. The summed E-state index contributed by atoms with van der Waals surface area (Å²) in [5, 5.41) is 12.8. The van der Waals surface area contributed by atoms with Crippen LogP contribution in [-0.2, 0) is 6.42 Å². The summed E-state index contributed by atoms with van der Waals surface area (Å²) in [7, 11) is 0. The van der Waals surface area contributed by atoms with E-state index in [0.29, 0.717) is 37.4 Å². The van der Waals surface area contributed by atoms with Gasteiger partial charge in [0, 0.05) is 36.6 Å². The molecule has 30 heavy (non-hydrogen) atoms. The highest BCUT2D eigenvalue weighted by molar-refractivity contribution is 7.18. The van der Waals surface area contributed by atoms with Crippen LogP contribution in [0.1, 0.15) is 22.2 Å². The zero-order valence-electron chi connectivity index (χ0n) is 16.6. The van der Waals surface area contributed by atoms with Gasteiger partial charge in [0.25, 0.3) is 5.91 Å². The second-order valence-electron chi connectivity index (χ2n) is 6.89. The van der Waals surface area contributed by atoms with Gasteiger partial charge < -0.3 is 9.80 Å². The number of carbonyl (C=O) groups is 1. The average Bonchev–Trinajstić information content (AvgIpc) is 3.23. The maximum Gasteiger partial charge on any atom is 0.254 e. The van der Waals surface area contributed by atoms with Gasteiger partial charge in [-0.3, -0.25) is 10.2 Å². The molecule has 1 aliphatic rings. The number of aryl methyl sites for hydroxylation is 1. The van der Waals surface area contributed by atoms with Crippen LogP contribution in [-0.4, -0.2) is 53.3 Å². The van der Waals surface area contributed by atoms with Gasteiger partial charge >= 0.3 is 0 Å². The number of benzene rings is 1. The molecule has 1 aliphatic heterocycles. The number of rotatable bonds is 6. The molecule has 3 aromatic rings. The van der Waals surface area contributed by atoms with E-state index in [-0.39, 0.29) is 5.91 Å². The van der Waals surface area contributed by atoms with Crippen molar-refractivity contribution in [3.8, 4) is 0 Å². The Morgan fingerprint density at radius 2 is 2.07 bits per heavy atom. The molecule has 1 saturated heterocycles. The Labute approximate surface area is 177 Å². The van der Waals surface area contributed by atoms with E-state index in [1.165, 1.54) is 4.88 Å². The number of piperazine rings is 1. The molecule has 0 bridgehead atoms. The number of carbonyl (C=O) groups excluding carboxylic acids is 1. The summed E-state index contributed by atoms with van der Waals surface area (Å²) in [4.78, 5) is 28.2. The van der Waals surface area contributed by atoms with E-state index in [1.807, 2.05) is 4.90 Å². The third kappa shape index (κ3) is 3.73. The molecular weight excluding hydrogens is 400 g/mol. The number of nitrogens with one attached hydrogen (secondary N) is 2. The fourth-order valence-electron chi connectivity index (χ4n) is 3.57. The molecule has 9 nitrogen and oxygen atoms in total. The number of aromatic nitrogens is 2. The van der Waals surface area contributed by atoms with Gasteiger partial charge in [-0.25, -0.2) is 15.0 Å². The van der Waals surface area contributed by atoms with Crippen LogP contribution in [0.15, 0.2) is 41.9 Å². The van der Waals surface area contributed by atoms with E-state index < -0.39 is 0 Å². The van der Waals surface area contributed by atoms with Crippen molar-refractivity contribution in [3.63, 3.8) is 0 Å². The lowest BCUT2D eigenvalue weighted by molar-refractivity contribution is 0.0746. The second-order valence-corrected chi connectivity index (χ2v) is 8.00. The number of fused-ring (bicyclic) bond motifs is 1. The van der Waals surface area contributed by atoms with Crippen molar-refractivity contribution in [2.45, 2.75) is 13.3 Å². The number of thiophene rings is 1. The van der Waals surface area contributed by atoms with Crippen molar-refractivity contribution in [3.05, 3.63) is 47.1 Å². The monoisotopic (exact) mass is 422 g/mol. The maximum atomic E-state index is 13.0. The van der Waals surface area contributed by atoms with Gasteiger partial charge in [0.05, 0.1) is 11.1 Å². The summed E-state index contributed by atoms with van der Waals surface area (Å²) in [5.74, 6) is 0.867. The lowest BCUT2D eigenvalue weighted by Gasteiger charge is -2.35. The Bertz CT molecular complexity index is 1080. The van der Waals surface area contributed by atoms with E-state index in [9.17, 15) is 4.79 Å². The number of hydrogen-bond donors (Lipinski definition) is 2. The zero-order valence-corrected chi connectivity index (χ0v) is 17.4. The van der Waals surface area contributed by atoms with Crippen molar-refractivity contribution >= 4 is 45.3 Å². The standard InChI is InChI=1S/C20H22N8OS/c1-2-16-11-17-18(23-13-24-19(17)30-16)26-6-8-27(9-7-26)20(29)14-4-3-5-15(10-14)28(12-21)25-22/h3-5,10-13,21-22H,2,6-9H2,1H3. The minimum atomic E-state index is -0.0666. The average molecular weight is 423 g/mol. The Morgan fingerprint density at radius 3 is 2.77 bits per heavy atom. The normalized spacial score (nSPS) is 14.0. The molecular formula is C20H22N8OS. The molecule has 3 heterocycles. The molecule has 1 amide bonds. The predicted molar refractivity (Wildman–Crippen MR) is 118 cm³/mol. The van der Waals surface area contributed by atoms with Crippen LogP contribution >= 0.6 is 11.3 Å². The largest absolute Gasteiger partial charge is 0.352 e. The predicted octanol–water partition coefficient (Wildman–Crippen LogP) is 3.58. The highest BCUT2D eigenvalue weighted by Gasteiger charge is 2.24. The third-order valence-corrected chi connectivity index (χ3v) is 6.35. The first kappa shape index (κ1) is 19.9. The van der Waals surface area contributed by atoms with Gasteiger partial charge in [-0.15, -0.1) is 11.3 Å². The summed E-state index contributed by atoms with van der Waals surface area (Å²) in [6.07, 6.45) is 3.53. The Kier molecular flexibility index (Phi) is 5.66. The van der Waals surface area contributed by atoms with Crippen molar-refractivity contribution in [2.75, 3.05) is 36.1 Å². The Hall–Kier alpha value is -3.40. The summed E-state index contributed by atoms with van der Waals surface area (Å²) in [6, 6.07) is 9.02. The maximum absolute atomic E-state index is 13.0. The molecule has 0 saturated carbocycles. The van der Waals surface area contributed by atoms with Crippen LogP contribution in [0, 0.1) is 10.9 Å². The molecule has 0 unspecified atom stereocenters. The summed E-state index contributed by atoms with van der Waals surface area (Å²) in [5.41, 5.74) is 8.17. The van der Waals surface area contributed by atoms with E-state index in [4.69, 9.17) is 10.9 Å². The van der Waals surface area contributed by atoms with E-state index in [1.54, 1.807) is 41.9 Å². The van der Waals surface area contributed by atoms with Crippen molar-refractivity contribution in [2.24, 2.45) is 5.22 Å². The highest BCUT2D eigenvalue weighted by atomic mass is 32.1. The first-order chi connectivity index (χ1) is 14.6. The van der Waals surface area contributed by atoms with Crippen LogP contribution in [0.5, 0.6) is 0 Å². The zero-order chi connectivity index (χ0) is 21.1. The molecule has 4 rings (SSSR count). The highest BCUT2D eigenvalue weighted by Crippen LogP contribution is 2.31. The van der Waals surface area contributed by atoms with Crippen LogP contribution in [0.25, 0.3) is 10.2 Å². The molecule has 0 spiro atoms. The molecule has 2 aromatic heterocycles. The van der Waals surface area contributed by atoms with Crippen LogP contribution < -0.4 is 9.91 Å². The van der Waals surface area contributed by atoms with Gasteiger partial charge in [0.1, 0.15) is 23.3 Å². The number of hydrogen-bond acceptors (Lipinski definition) is 8. The fraction of sp³-hybridized carbons (Fsp3) is 0.300. The number of anilines is 2. The molecule has 0 atom stereocenters. The summed E-state index contributed by atoms with van der Waals surface area (Å²) < 4.78 is 0. The number of amides is 1. The van der Waals surface area contributed by atoms with E-state index in [0.717, 1.165) is 33.8 Å². The smallest absolute Gasteiger partial charge is 0.254 e. The third-order valence-electron chi connectivity index (χ3n) is 5.16. The van der Waals surface area contributed by atoms with Gasteiger partial charge in [0.15, 0.2) is 0 Å². The topological polar surface area (TPSA) is 113 Å². The fourth-order valence-corrected chi connectivity index (χ4v) is 4.50. The molecule has 10 heteroatoms. The van der Waals surface area contributed by atoms with E-state index >= 15 is 0 Å². The van der Waals surface area contributed by atoms with Crippen molar-refractivity contribution in [1.29, 1.82) is 10.9 Å². The van der Waals surface area contributed by atoms with Crippen LogP contribution in [0.3, 0.4) is 0 Å². The van der Waals surface area contributed by atoms with Crippen molar-refractivity contribution < 1.29 is 4.79 Å². The molecule has 154 valence electrons. The van der Waals surface area contributed by atoms with E-state index in [2.05, 4.69) is 33.1 Å². The molecule has 1 fully saturated rings. The molecule has 2 N–H and O–H groups in total. The summed E-state index contributed by atoms with van der Waals surface area (Å²) in [6.45, 7) is 4.72. The summed E-state index contributed by atoms with van der Waals surface area (Å²) >= 11 is 1.70. The van der Waals surface area contributed by atoms with Crippen molar-refractivity contribution in [1.82, 2.24) is 14.9 Å². The minimum absolute atomic E-state index is 0.0666. The Morgan fingerprint density at radius 1 is 1.27 bits per heavy atom. The molecule has 1 aromatic carbocycles. The first-order valence-electron chi connectivity index (χ1n) is 9.69. The van der Waals surface area contributed by atoms with Crippen LogP contribution in [0.2, 0.25) is 0 Å². The van der Waals surface area contributed by atoms with Crippen LogP contribution in [0.4, 0.5) is 11.5 Å². The lowest BCUT2D eigenvalue weighted by Crippen LogP contribution is -2.49. The van der Waals surface area contributed by atoms with Gasteiger partial charge in [-0.2, -0.15) is 5.53 Å². The minimum Gasteiger partial charge on any atom is -0.352 e. The number of nitrogens with zero attached hydrogens (tertiary/aromatic N) is 6. The lowest BCUT2D eigenvalue weighted by atomic mass is 10.1. The van der Waals surface area contributed by atoms with Gasteiger partial charge in [0.2, 0.25) is 0 Å².